The minimum Gasteiger partial charge on any atom is -0.371 e. The van der Waals surface area contributed by atoms with Crippen LogP contribution in [-0.2, 0) is 0 Å². The third-order valence-corrected chi connectivity index (χ3v) is 3.01. The molecule has 2 heteroatoms. The van der Waals surface area contributed by atoms with Crippen molar-refractivity contribution in [3.8, 4) is 6.07 Å². The molecule has 0 atom stereocenters. The van der Waals surface area contributed by atoms with Crippen LogP contribution < -0.4 is 4.90 Å². The average Bonchev–Trinajstić information content (AvgIpc) is 3.12. The van der Waals surface area contributed by atoms with Gasteiger partial charge in [0.1, 0.15) is 0 Å². The zero-order chi connectivity index (χ0) is 11.4. The van der Waals surface area contributed by atoms with E-state index < -0.39 is 0 Å². The first-order chi connectivity index (χ1) is 7.83. The maximum absolute atomic E-state index is 8.90. The largest absolute Gasteiger partial charge is 0.371 e. The quantitative estimate of drug-likeness (QED) is 0.752. The van der Waals surface area contributed by atoms with Gasteiger partial charge >= 0.3 is 0 Å². The lowest BCUT2D eigenvalue weighted by molar-refractivity contribution is 0.708. The van der Waals surface area contributed by atoms with Gasteiger partial charge in [-0.05, 0) is 43.4 Å². The number of benzene rings is 1. The van der Waals surface area contributed by atoms with Crippen molar-refractivity contribution in [2.75, 3.05) is 18.0 Å². The van der Waals surface area contributed by atoms with E-state index in [4.69, 9.17) is 5.26 Å². The molecule has 1 aromatic rings. The van der Waals surface area contributed by atoms with Gasteiger partial charge in [0.05, 0.1) is 11.6 Å². The predicted octanol–water partition coefficient (Wildman–Crippen LogP) is 3.18. The van der Waals surface area contributed by atoms with E-state index in [1.165, 1.54) is 18.5 Å². The van der Waals surface area contributed by atoms with Gasteiger partial charge < -0.3 is 4.90 Å². The van der Waals surface area contributed by atoms with Crippen LogP contribution >= 0.6 is 0 Å². The molecule has 0 spiro atoms. The fraction of sp³-hybridized carbons (Fsp3) is 0.500. The summed E-state index contributed by atoms with van der Waals surface area (Å²) in [5.41, 5.74) is 1.96. The Morgan fingerprint density at radius 2 is 2.25 bits per heavy atom. The minimum absolute atomic E-state index is 0.759. The van der Waals surface area contributed by atoms with Crippen molar-refractivity contribution in [2.24, 2.45) is 5.92 Å². The summed E-state index contributed by atoms with van der Waals surface area (Å²) in [6.07, 6.45) is 3.90. The Balaban J connectivity index is 2.12. The molecule has 2 rings (SSSR count). The number of hydrogen-bond donors (Lipinski definition) is 0. The zero-order valence-electron chi connectivity index (χ0n) is 9.82. The third-order valence-electron chi connectivity index (χ3n) is 3.01. The van der Waals surface area contributed by atoms with E-state index in [-0.39, 0.29) is 0 Å². The first kappa shape index (κ1) is 11.0. The van der Waals surface area contributed by atoms with Gasteiger partial charge in [-0.1, -0.05) is 13.0 Å². The summed E-state index contributed by atoms with van der Waals surface area (Å²) in [5.74, 6) is 0.886. The van der Waals surface area contributed by atoms with Gasteiger partial charge in [-0.25, -0.2) is 0 Å². The van der Waals surface area contributed by atoms with E-state index in [0.29, 0.717) is 0 Å². The lowest BCUT2D eigenvalue weighted by Crippen LogP contribution is -2.26. The summed E-state index contributed by atoms with van der Waals surface area (Å²) < 4.78 is 0. The highest BCUT2D eigenvalue weighted by Crippen LogP contribution is 2.31. The highest BCUT2D eigenvalue weighted by Gasteiger charge is 2.24. The van der Waals surface area contributed by atoms with Crippen molar-refractivity contribution >= 4 is 5.69 Å². The van der Waals surface area contributed by atoms with Gasteiger partial charge in [-0.3, -0.25) is 0 Å². The first-order valence-corrected chi connectivity index (χ1v) is 6.08. The summed E-state index contributed by atoms with van der Waals surface area (Å²) in [6, 6.07) is 10.2. The van der Waals surface area contributed by atoms with Crippen LogP contribution in [0.1, 0.15) is 31.7 Å². The lowest BCUT2D eigenvalue weighted by Gasteiger charge is -2.24. The Bertz CT molecular complexity index is 388. The average molecular weight is 214 g/mol. The molecule has 0 saturated heterocycles. The van der Waals surface area contributed by atoms with E-state index in [1.54, 1.807) is 0 Å². The molecule has 0 bridgehead atoms. The second-order valence-electron chi connectivity index (χ2n) is 4.55. The molecule has 84 valence electrons. The number of nitrogens with zero attached hydrogens (tertiary/aromatic N) is 2. The van der Waals surface area contributed by atoms with Gasteiger partial charge in [0.25, 0.3) is 0 Å². The molecule has 2 nitrogen and oxygen atoms in total. The van der Waals surface area contributed by atoms with Crippen LogP contribution in [0.15, 0.2) is 24.3 Å². The summed E-state index contributed by atoms with van der Waals surface area (Å²) in [5, 5.41) is 8.90. The fourth-order valence-corrected chi connectivity index (χ4v) is 1.98. The molecule has 0 radical (unpaired) electrons. The topological polar surface area (TPSA) is 27.0 Å². The van der Waals surface area contributed by atoms with Crippen molar-refractivity contribution in [1.29, 1.82) is 5.26 Å². The van der Waals surface area contributed by atoms with Gasteiger partial charge in [0.2, 0.25) is 0 Å². The molecule has 0 aliphatic heterocycles. The van der Waals surface area contributed by atoms with Crippen molar-refractivity contribution in [3.63, 3.8) is 0 Å². The van der Waals surface area contributed by atoms with E-state index >= 15 is 0 Å². The van der Waals surface area contributed by atoms with Crippen LogP contribution in [-0.4, -0.2) is 13.1 Å². The minimum atomic E-state index is 0.759. The molecule has 0 N–H and O–H groups in total. The molecule has 16 heavy (non-hydrogen) atoms. The third kappa shape index (κ3) is 2.76. The van der Waals surface area contributed by atoms with E-state index in [9.17, 15) is 0 Å². The van der Waals surface area contributed by atoms with E-state index in [0.717, 1.165) is 31.0 Å². The Hall–Kier alpha value is -1.49. The molecule has 0 heterocycles. The Morgan fingerprint density at radius 3 is 2.88 bits per heavy atom. The number of nitriles is 1. The molecule has 1 aromatic carbocycles. The maximum atomic E-state index is 8.90. The molecule has 1 aliphatic carbocycles. The summed E-state index contributed by atoms with van der Waals surface area (Å²) in [6.45, 7) is 4.45. The van der Waals surface area contributed by atoms with Crippen molar-refractivity contribution in [3.05, 3.63) is 29.8 Å². The highest BCUT2D eigenvalue weighted by molar-refractivity contribution is 5.51. The molecule has 0 unspecified atom stereocenters. The highest BCUT2D eigenvalue weighted by atomic mass is 15.1. The van der Waals surface area contributed by atoms with Crippen molar-refractivity contribution in [1.82, 2.24) is 0 Å². The predicted molar refractivity (Wildman–Crippen MR) is 66.4 cm³/mol. The van der Waals surface area contributed by atoms with Crippen LogP contribution in [0.3, 0.4) is 0 Å². The molecule has 0 amide bonds. The van der Waals surface area contributed by atoms with Crippen LogP contribution in [0.2, 0.25) is 0 Å². The summed E-state index contributed by atoms with van der Waals surface area (Å²) in [7, 11) is 0. The van der Waals surface area contributed by atoms with Crippen LogP contribution in [0.25, 0.3) is 0 Å². The number of rotatable bonds is 5. The maximum Gasteiger partial charge on any atom is 0.0992 e. The van der Waals surface area contributed by atoms with Gasteiger partial charge in [-0.2, -0.15) is 5.26 Å². The number of hydrogen-bond acceptors (Lipinski definition) is 2. The molecule has 1 saturated carbocycles. The smallest absolute Gasteiger partial charge is 0.0992 e. The van der Waals surface area contributed by atoms with Crippen molar-refractivity contribution < 1.29 is 0 Å². The van der Waals surface area contributed by atoms with Crippen molar-refractivity contribution in [2.45, 2.75) is 26.2 Å². The Morgan fingerprint density at radius 1 is 1.44 bits per heavy atom. The second kappa shape index (κ2) is 5.03. The Kier molecular flexibility index (Phi) is 3.46. The lowest BCUT2D eigenvalue weighted by atomic mass is 10.2. The van der Waals surface area contributed by atoms with Gasteiger partial charge in [-0.15, -0.1) is 0 Å². The summed E-state index contributed by atoms with van der Waals surface area (Å²) >= 11 is 0. The first-order valence-electron chi connectivity index (χ1n) is 6.08. The standard InChI is InChI=1S/C14H18N2/c1-2-8-16(11-12-6-7-12)14-5-3-4-13(9-14)10-15/h3-5,9,12H,2,6-8,11H2,1H3. The van der Waals surface area contributed by atoms with Crippen LogP contribution in [0, 0.1) is 17.2 Å². The SMILES string of the molecule is CCCN(CC1CC1)c1cccc(C#N)c1. The number of anilines is 1. The van der Waals surface area contributed by atoms with Crippen LogP contribution in [0.4, 0.5) is 5.69 Å². The van der Waals surface area contributed by atoms with Crippen LogP contribution in [0.5, 0.6) is 0 Å². The van der Waals surface area contributed by atoms with E-state index in [2.05, 4.69) is 24.0 Å². The fourth-order valence-electron chi connectivity index (χ4n) is 1.98. The molecule has 1 fully saturated rings. The molecule has 0 aromatic heterocycles. The normalized spacial score (nSPS) is 14.5. The Labute approximate surface area is 97.5 Å². The van der Waals surface area contributed by atoms with E-state index in [1.807, 2.05) is 18.2 Å². The van der Waals surface area contributed by atoms with Gasteiger partial charge in [0, 0.05) is 18.8 Å². The van der Waals surface area contributed by atoms with Gasteiger partial charge in [0.15, 0.2) is 0 Å². The molecular formula is C14H18N2. The zero-order valence-corrected chi connectivity index (χ0v) is 9.82. The molecular weight excluding hydrogens is 196 g/mol. The monoisotopic (exact) mass is 214 g/mol. The summed E-state index contributed by atoms with van der Waals surface area (Å²) in [4.78, 5) is 2.42. The second-order valence-corrected chi connectivity index (χ2v) is 4.55. The molecule has 1 aliphatic rings.